The molecule has 0 aromatic heterocycles. The molecule has 7 nitrogen and oxygen atoms in total. The van der Waals surface area contributed by atoms with Crippen LogP contribution in [0.1, 0.15) is 40.5 Å². The molecular weight excluding hydrogens is 402 g/mol. The first kappa shape index (κ1) is 23.2. The van der Waals surface area contributed by atoms with Crippen LogP contribution in [0.5, 0.6) is 0 Å². The lowest BCUT2D eigenvalue weighted by Crippen LogP contribution is -2.29. The predicted octanol–water partition coefficient (Wildman–Crippen LogP) is 3.42. The molecule has 2 aromatic rings. The monoisotopic (exact) mass is 429 g/mol. The number of rotatable bonds is 10. The van der Waals surface area contributed by atoms with Crippen molar-refractivity contribution in [3.8, 4) is 0 Å². The lowest BCUT2D eigenvalue weighted by atomic mass is 10.1. The topological polar surface area (TPSA) is 95.6 Å². The van der Waals surface area contributed by atoms with Gasteiger partial charge in [0, 0.05) is 12.1 Å². The fraction of sp³-hybridized carbons (Fsp3) is 0.273. The number of amides is 2. The lowest BCUT2D eigenvalue weighted by molar-refractivity contribution is 0.0954. The van der Waals surface area contributed by atoms with Crippen LogP contribution >= 0.6 is 0 Å². The molecule has 0 bridgehead atoms. The molecule has 0 aliphatic rings. The van der Waals surface area contributed by atoms with Crippen LogP contribution in [-0.4, -0.2) is 39.6 Å². The number of para-hydroxylation sites is 1. The van der Waals surface area contributed by atoms with Crippen LogP contribution in [0.2, 0.25) is 0 Å². The summed E-state index contributed by atoms with van der Waals surface area (Å²) < 4.78 is 25.1. The van der Waals surface area contributed by atoms with Crippen LogP contribution in [0, 0.1) is 0 Å². The molecule has 0 saturated heterocycles. The Bertz CT molecular complexity index is 1000. The second kappa shape index (κ2) is 10.6. The third kappa shape index (κ3) is 6.18. The quantitative estimate of drug-likeness (QED) is 0.447. The van der Waals surface area contributed by atoms with E-state index < -0.39 is 15.9 Å². The van der Waals surface area contributed by atoms with Crippen LogP contribution in [0.3, 0.4) is 0 Å². The van der Waals surface area contributed by atoms with Gasteiger partial charge in [0.15, 0.2) is 0 Å². The van der Waals surface area contributed by atoms with E-state index in [1.165, 1.54) is 22.5 Å². The summed E-state index contributed by atoms with van der Waals surface area (Å²) in [6.07, 6.45) is 4.45. The highest BCUT2D eigenvalue weighted by atomic mass is 32.2. The fourth-order valence-corrected chi connectivity index (χ4v) is 3.67. The van der Waals surface area contributed by atoms with Crippen molar-refractivity contribution in [2.45, 2.75) is 19.8 Å². The van der Waals surface area contributed by atoms with Gasteiger partial charge in [-0.2, -0.15) is 0 Å². The minimum absolute atomic E-state index is 0.130. The molecule has 0 unspecified atom stereocenters. The van der Waals surface area contributed by atoms with Crippen LogP contribution in [0.25, 0.3) is 0 Å². The number of hydrogen-bond donors (Lipinski definition) is 2. The number of benzene rings is 2. The van der Waals surface area contributed by atoms with Gasteiger partial charge in [-0.05, 0) is 42.8 Å². The zero-order chi connectivity index (χ0) is 22.1. The van der Waals surface area contributed by atoms with Crippen molar-refractivity contribution >= 4 is 33.2 Å². The van der Waals surface area contributed by atoms with E-state index in [1.54, 1.807) is 36.4 Å². The summed E-state index contributed by atoms with van der Waals surface area (Å²) >= 11 is 0. The van der Waals surface area contributed by atoms with Gasteiger partial charge in [-0.3, -0.25) is 13.9 Å². The summed E-state index contributed by atoms with van der Waals surface area (Å²) in [5.74, 6) is -0.645. The average Bonchev–Trinajstić information content (AvgIpc) is 2.72. The third-order valence-electron chi connectivity index (χ3n) is 4.35. The van der Waals surface area contributed by atoms with E-state index in [1.807, 2.05) is 6.92 Å². The van der Waals surface area contributed by atoms with Crippen molar-refractivity contribution in [3.63, 3.8) is 0 Å². The van der Waals surface area contributed by atoms with Crippen molar-refractivity contribution in [1.29, 1.82) is 0 Å². The molecule has 0 radical (unpaired) electrons. The Morgan fingerprint density at radius 1 is 1.07 bits per heavy atom. The smallest absolute Gasteiger partial charge is 0.255 e. The number of unbranched alkanes of at least 4 members (excludes halogenated alkanes) is 1. The van der Waals surface area contributed by atoms with Gasteiger partial charge >= 0.3 is 0 Å². The SMILES string of the molecule is C=CCN(c1ccc(C(=O)Nc2ccccc2C(=O)NCCCC)cc1)S(C)(=O)=O. The molecule has 8 heteroatoms. The lowest BCUT2D eigenvalue weighted by Gasteiger charge is -2.20. The third-order valence-corrected chi connectivity index (χ3v) is 5.51. The van der Waals surface area contributed by atoms with E-state index in [0.717, 1.165) is 19.1 Å². The van der Waals surface area contributed by atoms with Gasteiger partial charge in [-0.1, -0.05) is 31.6 Å². The molecule has 0 heterocycles. The molecule has 0 spiro atoms. The van der Waals surface area contributed by atoms with Gasteiger partial charge < -0.3 is 10.6 Å². The van der Waals surface area contributed by atoms with Gasteiger partial charge in [0.2, 0.25) is 10.0 Å². The van der Waals surface area contributed by atoms with Crippen LogP contribution < -0.4 is 14.9 Å². The number of nitrogens with zero attached hydrogens (tertiary/aromatic N) is 1. The number of nitrogens with one attached hydrogen (secondary N) is 2. The van der Waals surface area contributed by atoms with E-state index in [4.69, 9.17) is 0 Å². The summed E-state index contributed by atoms with van der Waals surface area (Å²) in [6.45, 7) is 6.31. The Labute approximate surface area is 177 Å². The second-order valence-corrected chi connectivity index (χ2v) is 8.65. The van der Waals surface area contributed by atoms with Crippen molar-refractivity contribution < 1.29 is 18.0 Å². The van der Waals surface area contributed by atoms with Gasteiger partial charge in [0.05, 0.1) is 29.7 Å². The van der Waals surface area contributed by atoms with Gasteiger partial charge in [0.25, 0.3) is 11.8 Å². The zero-order valence-electron chi connectivity index (χ0n) is 17.2. The molecular formula is C22H27N3O4S. The molecule has 0 atom stereocenters. The average molecular weight is 430 g/mol. The van der Waals surface area contributed by atoms with Crippen molar-refractivity contribution in [3.05, 3.63) is 72.3 Å². The molecule has 2 amide bonds. The highest BCUT2D eigenvalue weighted by Crippen LogP contribution is 2.20. The largest absolute Gasteiger partial charge is 0.352 e. The molecule has 0 fully saturated rings. The van der Waals surface area contributed by atoms with E-state index in [9.17, 15) is 18.0 Å². The van der Waals surface area contributed by atoms with E-state index in [0.29, 0.717) is 29.0 Å². The maximum atomic E-state index is 12.7. The summed E-state index contributed by atoms with van der Waals surface area (Å²) in [5.41, 5.74) is 1.56. The Morgan fingerprint density at radius 2 is 1.73 bits per heavy atom. The maximum absolute atomic E-state index is 12.7. The zero-order valence-corrected chi connectivity index (χ0v) is 18.0. The maximum Gasteiger partial charge on any atom is 0.255 e. The number of carbonyl (C=O) groups is 2. The molecule has 2 N–H and O–H groups in total. The van der Waals surface area contributed by atoms with Crippen molar-refractivity contribution in [1.82, 2.24) is 5.32 Å². The Hall–Kier alpha value is -3.13. The van der Waals surface area contributed by atoms with Crippen LogP contribution in [0.15, 0.2) is 61.2 Å². The minimum Gasteiger partial charge on any atom is -0.352 e. The molecule has 30 heavy (non-hydrogen) atoms. The predicted molar refractivity (Wildman–Crippen MR) is 120 cm³/mol. The summed E-state index contributed by atoms with van der Waals surface area (Å²) in [7, 11) is -3.47. The summed E-state index contributed by atoms with van der Waals surface area (Å²) in [4.78, 5) is 25.1. The van der Waals surface area contributed by atoms with E-state index in [-0.39, 0.29) is 12.5 Å². The first-order valence-electron chi connectivity index (χ1n) is 9.65. The highest BCUT2D eigenvalue weighted by Gasteiger charge is 2.17. The van der Waals surface area contributed by atoms with Crippen LogP contribution in [-0.2, 0) is 10.0 Å². The van der Waals surface area contributed by atoms with Gasteiger partial charge in [-0.25, -0.2) is 8.42 Å². The summed E-state index contributed by atoms with van der Waals surface area (Å²) in [5, 5.41) is 5.59. The van der Waals surface area contributed by atoms with E-state index >= 15 is 0 Å². The Kier molecular flexibility index (Phi) is 8.17. The van der Waals surface area contributed by atoms with Gasteiger partial charge in [0.1, 0.15) is 0 Å². The molecule has 160 valence electrons. The Balaban J connectivity index is 2.17. The van der Waals surface area contributed by atoms with Crippen molar-refractivity contribution in [2.75, 3.05) is 29.0 Å². The number of sulfonamides is 1. The number of hydrogen-bond acceptors (Lipinski definition) is 4. The minimum atomic E-state index is -3.47. The normalized spacial score (nSPS) is 10.9. The van der Waals surface area contributed by atoms with E-state index in [2.05, 4.69) is 17.2 Å². The molecule has 0 saturated carbocycles. The standard InChI is InChI=1S/C22H27N3O4S/c1-4-6-15-23-22(27)19-9-7-8-10-20(19)24-21(26)17-11-13-18(14-12-17)25(16-5-2)30(3,28)29/h5,7-14H,2,4,6,15-16H2,1,3H3,(H,23,27)(H,24,26). The second-order valence-electron chi connectivity index (χ2n) is 6.74. The van der Waals surface area contributed by atoms with Crippen LogP contribution in [0.4, 0.5) is 11.4 Å². The molecule has 0 aliphatic carbocycles. The fourth-order valence-electron chi connectivity index (χ4n) is 2.79. The Morgan fingerprint density at radius 3 is 2.33 bits per heavy atom. The van der Waals surface area contributed by atoms with Gasteiger partial charge in [-0.15, -0.1) is 6.58 Å². The molecule has 2 aromatic carbocycles. The molecule has 2 rings (SSSR count). The number of carbonyl (C=O) groups excluding carboxylic acids is 2. The summed E-state index contributed by atoms with van der Waals surface area (Å²) in [6, 6.07) is 13.0. The highest BCUT2D eigenvalue weighted by molar-refractivity contribution is 7.92. The molecule has 0 aliphatic heterocycles. The number of anilines is 2. The van der Waals surface area contributed by atoms with Crippen molar-refractivity contribution in [2.24, 2.45) is 0 Å². The first-order valence-corrected chi connectivity index (χ1v) is 11.5. The first-order chi connectivity index (χ1) is 14.3.